The molecule has 0 saturated heterocycles. The Morgan fingerprint density at radius 2 is 0.811 bits per heavy atom. The number of rotatable bonds is 2. The molecule has 1 aliphatic carbocycles. The second kappa shape index (κ2) is 9.92. The lowest BCUT2D eigenvalue weighted by atomic mass is 9.76. The highest BCUT2D eigenvalue weighted by atomic mass is 19.4. The zero-order valence-electron chi connectivity index (χ0n) is 27.2. The summed E-state index contributed by atoms with van der Waals surface area (Å²) in [6.45, 7) is 0. The van der Waals surface area contributed by atoms with Gasteiger partial charge in [-0.25, -0.2) is 0 Å². The molecular weight excluding hydrogens is 690 g/mol. The van der Waals surface area contributed by atoms with Crippen LogP contribution in [0.2, 0.25) is 0 Å². The highest BCUT2D eigenvalue weighted by molar-refractivity contribution is 6.21. The highest BCUT2D eigenvalue weighted by Crippen LogP contribution is 2.64. The van der Waals surface area contributed by atoms with E-state index in [4.69, 9.17) is 8.83 Å². The standard InChI is InChI=1S/C43H22F6N2O2/c44-42(45,46)41(43(47,48)49)31-21-23(50-33-13-5-1-9-27(33)37-29-11-3-7-15-35(29)52-39(37)50)17-19-25(31)26-20-18-24(22-32(26)41)51-34-14-6-2-10-28(34)38-30-12-4-8-16-36(30)53-40(38)51/h1-22H. The van der Waals surface area contributed by atoms with E-state index in [-0.39, 0.29) is 22.5 Å². The molecule has 53 heavy (non-hydrogen) atoms. The molecule has 0 saturated carbocycles. The monoisotopic (exact) mass is 712 g/mol. The lowest BCUT2D eigenvalue weighted by molar-refractivity contribution is -0.287. The summed E-state index contributed by atoms with van der Waals surface area (Å²) in [5.41, 5.74) is -3.28. The predicted molar refractivity (Wildman–Crippen MR) is 193 cm³/mol. The first kappa shape index (κ1) is 30.2. The summed E-state index contributed by atoms with van der Waals surface area (Å²) in [5, 5.41) is 4.53. The zero-order valence-corrected chi connectivity index (χ0v) is 27.2. The molecule has 0 radical (unpaired) electrons. The topological polar surface area (TPSA) is 36.1 Å². The molecule has 0 amide bonds. The third kappa shape index (κ3) is 3.67. The quantitative estimate of drug-likeness (QED) is 0.167. The van der Waals surface area contributed by atoms with Crippen LogP contribution in [0.5, 0.6) is 0 Å². The summed E-state index contributed by atoms with van der Waals surface area (Å²) < 4.78 is 110. The van der Waals surface area contributed by atoms with Crippen molar-refractivity contribution in [1.82, 2.24) is 9.13 Å². The molecule has 4 nitrogen and oxygen atoms in total. The third-order valence-electron chi connectivity index (χ3n) is 10.9. The van der Waals surface area contributed by atoms with Gasteiger partial charge in [0.05, 0.1) is 21.8 Å². The fourth-order valence-electron chi connectivity index (χ4n) is 8.74. The molecule has 6 aromatic carbocycles. The Morgan fingerprint density at radius 3 is 1.23 bits per heavy atom. The van der Waals surface area contributed by atoms with Crippen LogP contribution in [0.15, 0.2) is 142 Å². The Labute approximate surface area is 294 Å². The van der Waals surface area contributed by atoms with Crippen molar-refractivity contribution >= 4 is 65.9 Å². The number of alkyl halides is 6. The second-order valence-electron chi connectivity index (χ2n) is 13.5. The van der Waals surface area contributed by atoms with Crippen LogP contribution in [0.25, 0.3) is 88.4 Å². The summed E-state index contributed by atoms with van der Waals surface area (Å²) >= 11 is 0. The van der Waals surface area contributed by atoms with E-state index in [0.29, 0.717) is 33.6 Å². The van der Waals surface area contributed by atoms with Gasteiger partial charge < -0.3 is 8.83 Å². The number of hydrogen-bond acceptors (Lipinski definition) is 2. The van der Waals surface area contributed by atoms with Crippen LogP contribution in [-0.4, -0.2) is 21.5 Å². The smallest absolute Gasteiger partial charge is 0.411 e. The van der Waals surface area contributed by atoms with Gasteiger partial charge in [0.25, 0.3) is 0 Å². The average molecular weight is 713 g/mol. The van der Waals surface area contributed by atoms with Gasteiger partial charge in [-0.2, -0.15) is 26.3 Å². The first-order chi connectivity index (χ1) is 25.6. The Hall–Kier alpha value is -6.42. The van der Waals surface area contributed by atoms with Gasteiger partial charge in [0.15, 0.2) is 0 Å². The molecule has 10 aromatic rings. The van der Waals surface area contributed by atoms with E-state index in [1.165, 1.54) is 12.1 Å². The molecule has 0 atom stereocenters. The van der Waals surface area contributed by atoms with Crippen molar-refractivity contribution in [2.75, 3.05) is 0 Å². The van der Waals surface area contributed by atoms with Crippen molar-refractivity contribution in [2.24, 2.45) is 0 Å². The molecule has 4 heterocycles. The number of fused-ring (bicyclic) bond motifs is 13. The number of benzene rings is 6. The molecule has 0 fully saturated rings. The molecule has 1 aliphatic rings. The molecule has 0 bridgehead atoms. The van der Waals surface area contributed by atoms with Crippen molar-refractivity contribution < 1.29 is 35.2 Å². The van der Waals surface area contributed by atoms with Crippen molar-refractivity contribution in [1.29, 1.82) is 0 Å². The van der Waals surface area contributed by atoms with E-state index in [1.807, 2.05) is 48.5 Å². The number of para-hydroxylation sites is 4. The van der Waals surface area contributed by atoms with E-state index in [0.717, 1.165) is 44.5 Å². The summed E-state index contributed by atoms with van der Waals surface area (Å²) in [4.78, 5) is 0. The molecule has 4 aromatic heterocycles. The summed E-state index contributed by atoms with van der Waals surface area (Å²) in [5.74, 6) is 0. The lowest BCUT2D eigenvalue weighted by Gasteiger charge is -2.36. The summed E-state index contributed by atoms with van der Waals surface area (Å²) in [6.07, 6.45) is -11.5. The van der Waals surface area contributed by atoms with Crippen molar-refractivity contribution in [3.05, 3.63) is 145 Å². The minimum Gasteiger partial charge on any atom is -0.439 e. The number of nitrogens with zero attached hydrogens (tertiary/aromatic N) is 2. The van der Waals surface area contributed by atoms with Crippen LogP contribution in [0, 0.1) is 0 Å². The Balaban J connectivity index is 1.20. The molecule has 0 N–H and O–H groups in total. The maximum atomic E-state index is 15.7. The van der Waals surface area contributed by atoms with Gasteiger partial charge in [-0.15, -0.1) is 0 Å². The van der Waals surface area contributed by atoms with Gasteiger partial charge in [-0.1, -0.05) is 84.9 Å². The number of aromatic nitrogens is 2. The highest BCUT2D eigenvalue weighted by Gasteiger charge is 2.75. The fraction of sp³-hybridized carbons (Fsp3) is 0.0698. The largest absolute Gasteiger partial charge is 0.439 e. The third-order valence-corrected chi connectivity index (χ3v) is 10.9. The number of halogens is 6. The Morgan fingerprint density at radius 1 is 0.434 bits per heavy atom. The molecule has 0 aliphatic heterocycles. The normalized spacial score (nSPS) is 14.4. The van der Waals surface area contributed by atoms with Crippen molar-refractivity contribution in [3.63, 3.8) is 0 Å². The van der Waals surface area contributed by atoms with E-state index >= 15 is 26.3 Å². The molecule has 10 heteroatoms. The van der Waals surface area contributed by atoms with Crippen LogP contribution >= 0.6 is 0 Å². The van der Waals surface area contributed by atoms with E-state index in [2.05, 4.69) is 0 Å². The van der Waals surface area contributed by atoms with Crippen molar-refractivity contribution in [2.45, 2.75) is 17.8 Å². The van der Waals surface area contributed by atoms with Crippen molar-refractivity contribution in [3.8, 4) is 22.5 Å². The zero-order chi connectivity index (χ0) is 36.0. The van der Waals surface area contributed by atoms with Gasteiger partial charge in [0, 0.05) is 32.9 Å². The molecule has 11 rings (SSSR count). The predicted octanol–water partition coefficient (Wildman–Crippen LogP) is 12.8. The van der Waals surface area contributed by atoms with Gasteiger partial charge >= 0.3 is 12.4 Å². The molecule has 0 unspecified atom stereocenters. The summed E-state index contributed by atoms with van der Waals surface area (Å²) in [6, 6.07) is 36.9. The van der Waals surface area contributed by atoms with E-state index < -0.39 is 28.9 Å². The van der Waals surface area contributed by atoms with Gasteiger partial charge in [-0.05, 0) is 70.8 Å². The maximum Gasteiger partial charge on any atom is 0.411 e. The molecule has 0 spiro atoms. The molecular formula is C43H22F6N2O2. The van der Waals surface area contributed by atoms with Crippen LogP contribution in [0.1, 0.15) is 11.1 Å². The lowest BCUT2D eigenvalue weighted by Crippen LogP contribution is -2.53. The van der Waals surface area contributed by atoms with Gasteiger partial charge in [-0.3, -0.25) is 9.13 Å². The maximum absolute atomic E-state index is 15.7. The second-order valence-corrected chi connectivity index (χ2v) is 13.5. The Bertz CT molecular complexity index is 2960. The van der Waals surface area contributed by atoms with Gasteiger partial charge in [0.2, 0.25) is 16.8 Å². The minimum absolute atomic E-state index is 0.111. The Kier molecular flexibility index (Phi) is 5.66. The average Bonchev–Trinajstić information content (AvgIpc) is 3.92. The van der Waals surface area contributed by atoms with Gasteiger partial charge in [0.1, 0.15) is 11.2 Å². The first-order valence-electron chi connectivity index (χ1n) is 16.8. The van der Waals surface area contributed by atoms with Crippen LogP contribution in [0.4, 0.5) is 26.3 Å². The van der Waals surface area contributed by atoms with Crippen LogP contribution in [-0.2, 0) is 5.41 Å². The summed E-state index contributed by atoms with van der Waals surface area (Å²) in [7, 11) is 0. The number of hydrogen-bond donors (Lipinski definition) is 0. The SMILES string of the molecule is FC(F)(F)C1(C(F)(F)F)c2cc(-n3c4ccccc4c4c5ccccc5oc43)ccc2-c2ccc(-n3c4ccccc4c4c5ccccc5oc43)cc21. The minimum atomic E-state index is -5.77. The fourth-order valence-corrected chi connectivity index (χ4v) is 8.74. The number of furan rings is 2. The van der Waals surface area contributed by atoms with E-state index in [9.17, 15) is 0 Å². The van der Waals surface area contributed by atoms with E-state index in [1.54, 1.807) is 69.8 Å². The first-order valence-corrected chi connectivity index (χ1v) is 16.8. The van der Waals surface area contributed by atoms with Crippen LogP contribution < -0.4 is 0 Å². The van der Waals surface area contributed by atoms with Crippen LogP contribution in [0.3, 0.4) is 0 Å². The molecule has 258 valence electrons.